The molecule has 0 aromatic rings. The van der Waals surface area contributed by atoms with Gasteiger partial charge in [0.1, 0.15) is 6.17 Å². The lowest BCUT2D eigenvalue weighted by molar-refractivity contribution is -0.136. The summed E-state index contributed by atoms with van der Waals surface area (Å²) < 4.78 is 18.7. The van der Waals surface area contributed by atoms with E-state index in [1.54, 1.807) is 0 Å². The number of piperidine rings is 1. The second-order valence-electron chi connectivity index (χ2n) is 6.14. The normalized spacial score (nSPS) is 34.5. The minimum Gasteiger partial charge on any atom is -0.381 e. The van der Waals surface area contributed by atoms with E-state index in [-0.39, 0.29) is 18.3 Å². The molecule has 0 aliphatic carbocycles. The second-order valence-corrected chi connectivity index (χ2v) is 6.14. The molecule has 3 saturated heterocycles. The number of hydrogen-bond donors (Lipinski definition) is 1. The number of carbonyl (C=O) groups is 1. The van der Waals surface area contributed by atoms with E-state index in [2.05, 4.69) is 5.32 Å². The molecule has 3 heterocycles. The van der Waals surface area contributed by atoms with Crippen molar-refractivity contribution in [1.82, 2.24) is 10.2 Å². The van der Waals surface area contributed by atoms with Crippen LogP contribution in [0.2, 0.25) is 0 Å². The van der Waals surface area contributed by atoms with Gasteiger partial charge in [0.15, 0.2) is 0 Å². The molecule has 0 bridgehead atoms. The molecule has 0 spiro atoms. The molecule has 1 amide bonds. The molecule has 3 rings (SSSR count). The molecule has 0 aromatic carbocycles. The summed E-state index contributed by atoms with van der Waals surface area (Å²) in [6.45, 7) is 4.73. The van der Waals surface area contributed by atoms with E-state index in [9.17, 15) is 9.18 Å². The van der Waals surface area contributed by atoms with E-state index < -0.39 is 6.17 Å². The maximum absolute atomic E-state index is 13.1. The van der Waals surface area contributed by atoms with E-state index in [1.165, 1.54) is 0 Å². The van der Waals surface area contributed by atoms with Gasteiger partial charge in [0, 0.05) is 26.1 Å². The number of halogens is 2. The minimum atomic E-state index is -0.717. The van der Waals surface area contributed by atoms with Gasteiger partial charge in [0.05, 0.1) is 13.2 Å². The molecule has 0 unspecified atom stereocenters. The SMILES string of the molecule is Cl.O=C(C[C@@H]1COC[C@H]2CNC[C@H]21)N1CCC(F)CC1. The third-order valence-electron chi connectivity index (χ3n) is 4.88. The Bertz CT molecular complexity index is 337. The molecular formula is C14H24ClFN2O2. The predicted molar refractivity (Wildman–Crippen MR) is 76.7 cm³/mol. The first-order valence-electron chi connectivity index (χ1n) is 7.44. The molecule has 3 aliphatic heterocycles. The molecule has 0 aromatic heterocycles. The lowest BCUT2D eigenvalue weighted by Gasteiger charge is -2.35. The summed E-state index contributed by atoms with van der Waals surface area (Å²) in [5, 5.41) is 3.40. The minimum absolute atomic E-state index is 0. The highest BCUT2D eigenvalue weighted by Gasteiger charge is 2.38. The van der Waals surface area contributed by atoms with Crippen LogP contribution in [0.4, 0.5) is 4.39 Å². The first-order chi connectivity index (χ1) is 9.24. The average Bonchev–Trinajstić information content (AvgIpc) is 2.89. The zero-order chi connectivity index (χ0) is 13.2. The van der Waals surface area contributed by atoms with E-state index in [1.807, 2.05) is 4.90 Å². The number of rotatable bonds is 2. The summed E-state index contributed by atoms with van der Waals surface area (Å²) in [5.74, 6) is 1.68. The summed E-state index contributed by atoms with van der Waals surface area (Å²) in [6, 6.07) is 0. The van der Waals surface area contributed by atoms with Crippen LogP contribution in [0.25, 0.3) is 0 Å². The van der Waals surface area contributed by atoms with Crippen LogP contribution in [0.15, 0.2) is 0 Å². The van der Waals surface area contributed by atoms with Crippen LogP contribution in [0, 0.1) is 17.8 Å². The predicted octanol–water partition coefficient (Wildman–Crippen LogP) is 1.24. The Morgan fingerprint density at radius 2 is 2.00 bits per heavy atom. The van der Waals surface area contributed by atoms with Crippen LogP contribution in [0.5, 0.6) is 0 Å². The number of nitrogens with zero attached hydrogens (tertiary/aromatic N) is 1. The van der Waals surface area contributed by atoms with Crippen molar-refractivity contribution in [1.29, 1.82) is 0 Å². The van der Waals surface area contributed by atoms with Crippen LogP contribution in [0.1, 0.15) is 19.3 Å². The first kappa shape index (κ1) is 16.0. The van der Waals surface area contributed by atoms with Crippen molar-refractivity contribution in [2.45, 2.75) is 25.4 Å². The quantitative estimate of drug-likeness (QED) is 0.834. The third-order valence-corrected chi connectivity index (χ3v) is 4.88. The molecule has 1 N–H and O–H groups in total. The standard InChI is InChI=1S/C14H23FN2O2.ClH/c15-12-1-3-17(4-2-12)14(18)5-10-8-19-9-11-6-16-7-13(10)11;/h10-13,16H,1-9H2;1H/t10-,11-,13+;/m1./s1. The van der Waals surface area contributed by atoms with Gasteiger partial charge in [-0.3, -0.25) is 4.79 Å². The van der Waals surface area contributed by atoms with Gasteiger partial charge < -0.3 is 15.0 Å². The topological polar surface area (TPSA) is 41.6 Å². The Hall–Kier alpha value is -0.390. The zero-order valence-corrected chi connectivity index (χ0v) is 12.5. The van der Waals surface area contributed by atoms with Crippen molar-refractivity contribution in [3.8, 4) is 0 Å². The number of ether oxygens (including phenoxy) is 1. The fourth-order valence-electron chi connectivity index (χ4n) is 3.64. The summed E-state index contributed by atoms with van der Waals surface area (Å²) in [7, 11) is 0. The van der Waals surface area contributed by atoms with Gasteiger partial charge in [-0.05, 0) is 37.1 Å². The van der Waals surface area contributed by atoms with E-state index >= 15 is 0 Å². The lowest BCUT2D eigenvalue weighted by Crippen LogP contribution is -2.43. The number of amides is 1. The van der Waals surface area contributed by atoms with E-state index in [0.29, 0.717) is 56.7 Å². The van der Waals surface area contributed by atoms with Gasteiger partial charge in [-0.25, -0.2) is 4.39 Å². The number of hydrogen-bond acceptors (Lipinski definition) is 3. The van der Waals surface area contributed by atoms with Crippen LogP contribution in [-0.4, -0.2) is 56.4 Å². The summed E-state index contributed by atoms with van der Waals surface area (Å²) in [4.78, 5) is 14.1. The summed E-state index contributed by atoms with van der Waals surface area (Å²) in [6.07, 6.45) is 0.853. The fourth-order valence-corrected chi connectivity index (χ4v) is 3.64. The molecular weight excluding hydrogens is 283 g/mol. The Labute approximate surface area is 125 Å². The Morgan fingerprint density at radius 1 is 1.25 bits per heavy atom. The highest BCUT2D eigenvalue weighted by molar-refractivity contribution is 5.85. The first-order valence-corrected chi connectivity index (χ1v) is 7.44. The van der Waals surface area contributed by atoms with E-state index in [4.69, 9.17) is 4.74 Å². The molecule has 116 valence electrons. The molecule has 3 aliphatic rings. The van der Waals surface area contributed by atoms with Crippen LogP contribution < -0.4 is 5.32 Å². The van der Waals surface area contributed by atoms with Crippen molar-refractivity contribution in [2.24, 2.45) is 17.8 Å². The number of fused-ring (bicyclic) bond motifs is 1. The van der Waals surface area contributed by atoms with Crippen LogP contribution in [-0.2, 0) is 9.53 Å². The molecule has 4 nitrogen and oxygen atoms in total. The fraction of sp³-hybridized carbons (Fsp3) is 0.929. The summed E-state index contributed by atoms with van der Waals surface area (Å²) >= 11 is 0. The molecule has 6 heteroatoms. The van der Waals surface area contributed by atoms with Crippen molar-refractivity contribution in [2.75, 3.05) is 39.4 Å². The lowest BCUT2D eigenvalue weighted by atomic mass is 9.80. The average molecular weight is 307 g/mol. The maximum atomic E-state index is 13.1. The maximum Gasteiger partial charge on any atom is 0.222 e. The Balaban J connectivity index is 0.00000147. The monoisotopic (exact) mass is 306 g/mol. The van der Waals surface area contributed by atoms with Crippen LogP contribution >= 0.6 is 12.4 Å². The molecule has 0 radical (unpaired) electrons. The number of alkyl halides is 1. The van der Waals surface area contributed by atoms with Gasteiger partial charge in [-0.2, -0.15) is 0 Å². The van der Waals surface area contributed by atoms with E-state index in [0.717, 1.165) is 19.7 Å². The second kappa shape index (κ2) is 7.05. The van der Waals surface area contributed by atoms with Crippen molar-refractivity contribution >= 4 is 18.3 Å². The van der Waals surface area contributed by atoms with Gasteiger partial charge >= 0.3 is 0 Å². The van der Waals surface area contributed by atoms with Crippen LogP contribution in [0.3, 0.4) is 0 Å². The van der Waals surface area contributed by atoms with Crippen molar-refractivity contribution < 1.29 is 13.9 Å². The van der Waals surface area contributed by atoms with Crippen molar-refractivity contribution in [3.63, 3.8) is 0 Å². The van der Waals surface area contributed by atoms with Gasteiger partial charge in [-0.1, -0.05) is 0 Å². The number of likely N-dealkylation sites (tertiary alicyclic amines) is 1. The molecule has 20 heavy (non-hydrogen) atoms. The zero-order valence-electron chi connectivity index (χ0n) is 11.7. The number of nitrogens with one attached hydrogen (secondary N) is 1. The molecule has 0 saturated carbocycles. The molecule has 3 atom stereocenters. The van der Waals surface area contributed by atoms with Gasteiger partial charge in [-0.15, -0.1) is 12.4 Å². The smallest absolute Gasteiger partial charge is 0.222 e. The Morgan fingerprint density at radius 3 is 2.75 bits per heavy atom. The van der Waals surface area contributed by atoms with Crippen molar-refractivity contribution in [3.05, 3.63) is 0 Å². The largest absolute Gasteiger partial charge is 0.381 e. The van der Waals surface area contributed by atoms with Gasteiger partial charge in [0.2, 0.25) is 5.91 Å². The highest BCUT2D eigenvalue weighted by atomic mass is 35.5. The number of carbonyl (C=O) groups excluding carboxylic acids is 1. The summed E-state index contributed by atoms with van der Waals surface area (Å²) in [5.41, 5.74) is 0. The highest BCUT2D eigenvalue weighted by Crippen LogP contribution is 2.32. The third kappa shape index (κ3) is 3.43. The Kier molecular flexibility index (Phi) is 5.64. The van der Waals surface area contributed by atoms with Gasteiger partial charge in [0.25, 0.3) is 0 Å². The molecule has 3 fully saturated rings.